The molecule has 1 aliphatic heterocycles. The monoisotopic (exact) mass is 265 g/mol. The van der Waals surface area contributed by atoms with Crippen LogP contribution in [0.4, 0.5) is 8.78 Å². The van der Waals surface area contributed by atoms with Gasteiger partial charge in [-0.15, -0.1) is 0 Å². The molecule has 0 spiro atoms. The number of rotatable bonds is 2. The van der Waals surface area contributed by atoms with Gasteiger partial charge in [-0.1, -0.05) is 30.3 Å². The highest BCUT2D eigenvalue weighted by atomic mass is 19.3. The van der Waals surface area contributed by atoms with Crippen LogP contribution in [0, 0.1) is 0 Å². The number of aromatic amines is 2. The number of nitrogens with one attached hydrogen (secondary N) is 2. The normalized spacial score (nSPS) is 18.2. The Morgan fingerprint density at radius 3 is 2.68 bits per heavy atom. The zero-order valence-electron chi connectivity index (χ0n) is 10.1. The molecule has 100 valence electrons. The van der Waals surface area contributed by atoms with Crippen molar-refractivity contribution < 1.29 is 8.78 Å². The summed E-state index contributed by atoms with van der Waals surface area (Å²) in [4.78, 5) is 13.1. The van der Waals surface area contributed by atoms with E-state index in [-0.39, 0.29) is 24.3 Å². The average molecular weight is 265 g/mol. The summed E-state index contributed by atoms with van der Waals surface area (Å²) in [6, 6.07) is 9.38. The highest BCUT2D eigenvalue weighted by molar-refractivity contribution is 5.25. The van der Waals surface area contributed by atoms with Crippen molar-refractivity contribution in [2.75, 3.05) is 6.54 Å². The Morgan fingerprint density at radius 2 is 1.95 bits per heavy atom. The first-order chi connectivity index (χ1) is 9.06. The van der Waals surface area contributed by atoms with Gasteiger partial charge in [-0.2, -0.15) is 8.78 Å². The number of aromatic nitrogens is 2. The lowest BCUT2D eigenvalue weighted by molar-refractivity contribution is -0.0581. The smallest absolute Gasteiger partial charge is 0.296 e. The first-order valence-corrected chi connectivity index (χ1v) is 6.00. The number of H-pyrrole nitrogens is 2. The van der Waals surface area contributed by atoms with Gasteiger partial charge in [0, 0.05) is 13.1 Å². The molecule has 4 nitrogen and oxygen atoms in total. The molecule has 2 N–H and O–H groups in total. The minimum absolute atomic E-state index is 0.132. The predicted molar refractivity (Wildman–Crippen MR) is 65.9 cm³/mol. The Bertz CT molecular complexity index is 633. The first kappa shape index (κ1) is 12.1. The molecule has 0 atom stereocenters. The standard InChI is InChI=1S/C13H13F2N3O/c14-13(15)8-18(6-9-4-2-1-3-5-9)7-10-11(13)16-17-12(10)19/h1-5H,6-8H2,(H2,16,17,19). The molecular weight excluding hydrogens is 252 g/mol. The molecule has 1 aliphatic rings. The van der Waals surface area contributed by atoms with Gasteiger partial charge in [-0.05, 0) is 5.56 Å². The summed E-state index contributed by atoms with van der Waals surface area (Å²) in [6.45, 7) is 0.252. The van der Waals surface area contributed by atoms with E-state index in [1.54, 1.807) is 4.90 Å². The van der Waals surface area contributed by atoms with E-state index in [1.807, 2.05) is 30.3 Å². The SMILES string of the molecule is O=c1[nH][nH]c2c1CN(Cc1ccccc1)CC2(F)F. The van der Waals surface area contributed by atoms with Crippen LogP contribution in [0.1, 0.15) is 16.8 Å². The molecule has 0 radical (unpaired) electrons. The van der Waals surface area contributed by atoms with Crippen molar-refractivity contribution in [2.24, 2.45) is 0 Å². The molecule has 0 saturated carbocycles. The largest absolute Gasteiger partial charge is 0.301 e. The molecule has 1 aromatic heterocycles. The molecule has 0 amide bonds. The quantitative estimate of drug-likeness (QED) is 0.870. The number of halogens is 2. The van der Waals surface area contributed by atoms with E-state index in [9.17, 15) is 13.6 Å². The van der Waals surface area contributed by atoms with Crippen molar-refractivity contribution in [3.63, 3.8) is 0 Å². The van der Waals surface area contributed by atoms with Crippen LogP contribution in [0.3, 0.4) is 0 Å². The lowest BCUT2D eigenvalue weighted by atomic mass is 10.0. The van der Waals surface area contributed by atoms with E-state index in [4.69, 9.17) is 0 Å². The molecule has 2 aromatic rings. The molecule has 19 heavy (non-hydrogen) atoms. The van der Waals surface area contributed by atoms with Crippen LogP contribution in [0.2, 0.25) is 0 Å². The number of fused-ring (bicyclic) bond motifs is 1. The van der Waals surface area contributed by atoms with E-state index in [0.29, 0.717) is 6.54 Å². The second-order valence-corrected chi connectivity index (χ2v) is 4.77. The zero-order chi connectivity index (χ0) is 13.5. The van der Waals surface area contributed by atoms with Gasteiger partial charge < -0.3 is 0 Å². The van der Waals surface area contributed by atoms with Gasteiger partial charge in [0.1, 0.15) is 5.69 Å². The van der Waals surface area contributed by atoms with E-state index >= 15 is 0 Å². The van der Waals surface area contributed by atoms with Gasteiger partial charge in [0.15, 0.2) is 0 Å². The highest BCUT2D eigenvalue weighted by Gasteiger charge is 2.43. The van der Waals surface area contributed by atoms with Gasteiger partial charge in [-0.3, -0.25) is 19.9 Å². The summed E-state index contributed by atoms with van der Waals surface area (Å²) in [7, 11) is 0. The summed E-state index contributed by atoms with van der Waals surface area (Å²) in [5, 5.41) is 4.52. The fraction of sp³-hybridized carbons (Fsp3) is 0.308. The second kappa shape index (κ2) is 4.31. The molecule has 0 bridgehead atoms. The first-order valence-electron chi connectivity index (χ1n) is 6.00. The molecule has 0 unspecified atom stereocenters. The van der Waals surface area contributed by atoms with Gasteiger partial charge in [0.2, 0.25) is 0 Å². The maximum atomic E-state index is 13.9. The van der Waals surface area contributed by atoms with Crippen LogP contribution in [-0.4, -0.2) is 21.6 Å². The minimum Gasteiger partial charge on any atom is -0.296 e. The van der Waals surface area contributed by atoms with Crippen molar-refractivity contribution >= 4 is 0 Å². The Labute approximate surface area is 108 Å². The maximum Gasteiger partial charge on any atom is 0.301 e. The zero-order valence-corrected chi connectivity index (χ0v) is 10.1. The average Bonchev–Trinajstić information content (AvgIpc) is 2.73. The highest BCUT2D eigenvalue weighted by Crippen LogP contribution is 2.34. The summed E-state index contributed by atoms with van der Waals surface area (Å²) < 4.78 is 27.9. The minimum atomic E-state index is -3.03. The fourth-order valence-electron chi connectivity index (χ4n) is 2.44. The van der Waals surface area contributed by atoms with Gasteiger partial charge in [0.25, 0.3) is 5.56 Å². The molecular formula is C13H13F2N3O. The maximum absolute atomic E-state index is 13.9. The third kappa shape index (κ3) is 2.19. The molecule has 2 heterocycles. The van der Waals surface area contributed by atoms with Gasteiger partial charge in [0.05, 0.1) is 12.1 Å². The van der Waals surface area contributed by atoms with Crippen molar-refractivity contribution in [1.82, 2.24) is 15.1 Å². The fourth-order valence-corrected chi connectivity index (χ4v) is 2.44. The van der Waals surface area contributed by atoms with Crippen LogP contribution in [-0.2, 0) is 19.0 Å². The van der Waals surface area contributed by atoms with Gasteiger partial charge in [-0.25, -0.2) is 0 Å². The lowest BCUT2D eigenvalue weighted by Gasteiger charge is -2.31. The number of hydrogen-bond acceptors (Lipinski definition) is 2. The third-order valence-corrected chi connectivity index (χ3v) is 3.30. The van der Waals surface area contributed by atoms with Crippen LogP contribution < -0.4 is 5.56 Å². The van der Waals surface area contributed by atoms with Gasteiger partial charge >= 0.3 is 5.92 Å². The van der Waals surface area contributed by atoms with Crippen molar-refractivity contribution in [1.29, 1.82) is 0 Å². The van der Waals surface area contributed by atoms with Crippen LogP contribution in [0.15, 0.2) is 35.1 Å². The number of benzene rings is 1. The lowest BCUT2D eigenvalue weighted by Crippen LogP contribution is -2.41. The summed E-state index contributed by atoms with van der Waals surface area (Å²) in [5.41, 5.74) is 0.343. The molecule has 0 fully saturated rings. The summed E-state index contributed by atoms with van der Waals surface area (Å²) in [6.07, 6.45) is 0. The molecule has 6 heteroatoms. The Hall–Kier alpha value is -1.95. The molecule has 0 aliphatic carbocycles. The Balaban J connectivity index is 1.88. The van der Waals surface area contributed by atoms with Crippen molar-refractivity contribution in [3.8, 4) is 0 Å². The van der Waals surface area contributed by atoms with E-state index in [2.05, 4.69) is 10.2 Å². The molecule has 3 rings (SSSR count). The van der Waals surface area contributed by atoms with E-state index < -0.39 is 11.5 Å². The third-order valence-electron chi connectivity index (χ3n) is 3.30. The number of hydrogen-bond donors (Lipinski definition) is 2. The summed E-state index contributed by atoms with van der Waals surface area (Å²) >= 11 is 0. The van der Waals surface area contributed by atoms with Crippen LogP contribution in [0.5, 0.6) is 0 Å². The van der Waals surface area contributed by atoms with E-state index in [1.165, 1.54) is 0 Å². The number of nitrogens with zero attached hydrogens (tertiary/aromatic N) is 1. The number of alkyl halides is 2. The molecule has 0 saturated heterocycles. The van der Waals surface area contributed by atoms with E-state index in [0.717, 1.165) is 5.56 Å². The van der Waals surface area contributed by atoms with Crippen molar-refractivity contribution in [2.45, 2.75) is 19.0 Å². The second-order valence-electron chi connectivity index (χ2n) is 4.77. The molecule has 1 aromatic carbocycles. The summed E-state index contributed by atoms with van der Waals surface area (Å²) in [5.74, 6) is -3.03. The Morgan fingerprint density at radius 1 is 1.21 bits per heavy atom. The Kier molecular flexibility index (Phi) is 2.74. The van der Waals surface area contributed by atoms with Crippen molar-refractivity contribution in [3.05, 3.63) is 57.5 Å². The van der Waals surface area contributed by atoms with Crippen LogP contribution >= 0.6 is 0 Å². The van der Waals surface area contributed by atoms with Crippen LogP contribution in [0.25, 0.3) is 0 Å². The topological polar surface area (TPSA) is 51.9 Å². The predicted octanol–water partition coefficient (Wildman–Crippen LogP) is 1.81.